The largest absolute Gasteiger partial charge is 0.491 e. The van der Waals surface area contributed by atoms with Crippen molar-refractivity contribution in [3.05, 3.63) is 43.1 Å². The Balaban J connectivity index is 2.16. The van der Waals surface area contributed by atoms with E-state index in [0.717, 1.165) is 4.68 Å². The lowest BCUT2D eigenvalue weighted by Gasteiger charge is -2.09. The number of rotatable bonds is 4. The Morgan fingerprint density at radius 3 is 2.45 bits per heavy atom. The van der Waals surface area contributed by atoms with Crippen LogP contribution in [0.15, 0.2) is 12.1 Å². The third kappa shape index (κ3) is 3.65. The van der Waals surface area contributed by atoms with Gasteiger partial charge in [-0.15, -0.1) is 0 Å². The molecule has 8 nitrogen and oxygen atoms in total. The molecule has 0 aliphatic rings. The normalized spacial score (nSPS) is 10.5. The number of halogens is 3. The zero-order chi connectivity index (χ0) is 16.4. The summed E-state index contributed by atoms with van der Waals surface area (Å²) in [4.78, 5) is 25.4. The first-order chi connectivity index (χ1) is 10.3. The van der Waals surface area contributed by atoms with Crippen molar-refractivity contribution in [2.45, 2.75) is 13.5 Å². The minimum atomic E-state index is -0.742. The van der Waals surface area contributed by atoms with E-state index in [-0.39, 0.29) is 28.1 Å². The van der Waals surface area contributed by atoms with Crippen molar-refractivity contribution in [1.29, 1.82) is 0 Å². The summed E-state index contributed by atoms with van der Waals surface area (Å²) < 4.78 is 1.10. The van der Waals surface area contributed by atoms with Crippen LogP contribution in [0.1, 0.15) is 5.82 Å². The molecule has 0 saturated carbocycles. The number of carbonyl (C=O) groups is 1. The predicted octanol–water partition coefficient (Wildman–Crippen LogP) is 3.09. The molecule has 0 saturated heterocycles. The van der Waals surface area contributed by atoms with Gasteiger partial charge in [-0.1, -0.05) is 34.8 Å². The highest BCUT2D eigenvalue weighted by atomic mass is 35.5. The zero-order valence-electron chi connectivity index (χ0n) is 11.0. The van der Waals surface area contributed by atoms with Crippen LogP contribution in [0.5, 0.6) is 0 Å². The van der Waals surface area contributed by atoms with Crippen molar-refractivity contribution in [2.24, 2.45) is 0 Å². The van der Waals surface area contributed by atoms with Crippen LogP contribution < -0.4 is 5.32 Å². The van der Waals surface area contributed by atoms with E-state index < -0.39 is 16.8 Å². The summed E-state index contributed by atoms with van der Waals surface area (Å²) in [6, 6.07) is 2.85. The second-order valence-corrected chi connectivity index (χ2v) is 5.42. The molecule has 2 aromatic rings. The van der Waals surface area contributed by atoms with Crippen molar-refractivity contribution in [1.82, 2.24) is 14.8 Å². The molecule has 0 spiro atoms. The van der Waals surface area contributed by atoms with E-state index in [1.165, 1.54) is 19.1 Å². The molecule has 1 heterocycles. The molecule has 1 aromatic carbocycles. The number of anilines is 1. The smallest absolute Gasteiger partial charge is 0.390 e. The number of hydrogen-bond acceptors (Lipinski definition) is 5. The second kappa shape index (κ2) is 6.47. The van der Waals surface area contributed by atoms with Crippen LogP contribution in [0.4, 0.5) is 11.6 Å². The predicted molar refractivity (Wildman–Crippen MR) is 81.5 cm³/mol. The highest BCUT2D eigenvalue weighted by Crippen LogP contribution is 2.33. The molecule has 0 aliphatic carbocycles. The second-order valence-electron chi connectivity index (χ2n) is 4.17. The number of aryl methyl sites for hydroxylation is 1. The first kappa shape index (κ1) is 16.5. The van der Waals surface area contributed by atoms with Crippen molar-refractivity contribution >= 4 is 52.3 Å². The maximum Gasteiger partial charge on any atom is 0.491 e. The maximum atomic E-state index is 12.0. The molecule has 0 aliphatic heterocycles. The molecule has 22 heavy (non-hydrogen) atoms. The van der Waals surface area contributed by atoms with E-state index in [0.29, 0.717) is 5.02 Å². The first-order valence-electron chi connectivity index (χ1n) is 5.78. The Morgan fingerprint density at radius 2 is 1.95 bits per heavy atom. The molecule has 0 fully saturated rings. The Morgan fingerprint density at radius 1 is 1.36 bits per heavy atom. The van der Waals surface area contributed by atoms with Crippen molar-refractivity contribution in [3.8, 4) is 0 Å². The molecule has 1 aromatic heterocycles. The minimum Gasteiger partial charge on any atom is -0.390 e. The lowest BCUT2D eigenvalue weighted by Crippen LogP contribution is -2.20. The first-order valence-corrected chi connectivity index (χ1v) is 6.91. The number of amides is 1. The van der Waals surface area contributed by atoms with Crippen LogP contribution in [0.3, 0.4) is 0 Å². The summed E-state index contributed by atoms with van der Waals surface area (Å²) in [6.45, 7) is 1.22. The zero-order valence-corrected chi connectivity index (χ0v) is 13.3. The van der Waals surface area contributed by atoms with E-state index in [9.17, 15) is 14.9 Å². The van der Waals surface area contributed by atoms with E-state index in [1.54, 1.807) is 0 Å². The van der Waals surface area contributed by atoms with Gasteiger partial charge in [0, 0.05) is 17.0 Å². The highest BCUT2D eigenvalue weighted by molar-refractivity contribution is 6.42. The standard InChI is InChI=1S/C11H8Cl3N5O3/c1-5-15-11(19(21)22)17-18(5)4-9(20)16-10-7(13)2-6(12)3-8(10)14/h2-3H,4H2,1H3,(H,16,20). The lowest BCUT2D eigenvalue weighted by molar-refractivity contribution is -0.394. The summed E-state index contributed by atoms with van der Waals surface area (Å²) >= 11 is 17.7. The van der Waals surface area contributed by atoms with Gasteiger partial charge in [-0.05, 0) is 22.0 Å². The number of nitro groups is 1. The Hall–Kier alpha value is -1.90. The van der Waals surface area contributed by atoms with Gasteiger partial charge in [0.2, 0.25) is 11.7 Å². The van der Waals surface area contributed by atoms with Crippen LogP contribution in [-0.4, -0.2) is 25.6 Å². The molecule has 0 bridgehead atoms. The van der Waals surface area contributed by atoms with Crippen LogP contribution in [0.2, 0.25) is 15.1 Å². The quantitative estimate of drug-likeness (QED) is 0.663. The van der Waals surface area contributed by atoms with Crippen LogP contribution >= 0.6 is 34.8 Å². The van der Waals surface area contributed by atoms with Gasteiger partial charge in [0.1, 0.15) is 6.54 Å². The molecular weight excluding hydrogens is 357 g/mol. The fraction of sp³-hybridized carbons (Fsp3) is 0.182. The topological polar surface area (TPSA) is 103 Å². The van der Waals surface area contributed by atoms with Gasteiger partial charge in [0.15, 0.2) is 0 Å². The monoisotopic (exact) mass is 363 g/mol. The van der Waals surface area contributed by atoms with Gasteiger partial charge in [-0.25, -0.2) is 0 Å². The van der Waals surface area contributed by atoms with Gasteiger partial charge in [-0.2, -0.15) is 4.68 Å². The Kier molecular flexibility index (Phi) is 4.84. The summed E-state index contributed by atoms with van der Waals surface area (Å²) in [6.07, 6.45) is 0. The average Bonchev–Trinajstić information content (AvgIpc) is 2.75. The number of benzene rings is 1. The maximum absolute atomic E-state index is 12.0. The summed E-state index contributed by atoms with van der Waals surface area (Å²) in [5.41, 5.74) is 0.199. The Bertz CT molecular complexity index is 738. The number of hydrogen-bond donors (Lipinski definition) is 1. The van der Waals surface area contributed by atoms with Crippen LogP contribution in [0, 0.1) is 17.0 Å². The van der Waals surface area contributed by atoms with Crippen molar-refractivity contribution in [3.63, 3.8) is 0 Å². The van der Waals surface area contributed by atoms with Gasteiger partial charge in [-0.3, -0.25) is 4.79 Å². The fourth-order valence-electron chi connectivity index (χ4n) is 1.61. The highest BCUT2D eigenvalue weighted by Gasteiger charge is 2.20. The van der Waals surface area contributed by atoms with Gasteiger partial charge in [0.25, 0.3) is 0 Å². The third-order valence-electron chi connectivity index (χ3n) is 2.57. The van der Waals surface area contributed by atoms with E-state index >= 15 is 0 Å². The summed E-state index contributed by atoms with van der Waals surface area (Å²) in [5.74, 6) is -0.864. The average molecular weight is 365 g/mol. The number of nitrogens with zero attached hydrogens (tertiary/aromatic N) is 4. The lowest BCUT2D eigenvalue weighted by atomic mass is 10.3. The summed E-state index contributed by atoms with van der Waals surface area (Å²) in [5, 5.41) is 17.4. The number of carbonyl (C=O) groups excluding carboxylic acids is 1. The van der Waals surface area contributed by atoms with Gasteiger partial charge < -0.3 is 15.4 Å². The van der Waals surface area contributed by atoms with E-state index in [2.05, 4.69) is 15.4 Å². The fourth-order valence-corrected chi connectivity index (χ4v) is 2.52. The molecular formula is C11H8Cl3N5O3. The van der Waals surface area contributed by atoms with E-state index in [1.807, 2.05) is 0 Å². The molecule has 0 atom stereocenters. The minimum absolute atomic E-state index is 0.173. The van der Waals surface area contributed by atoms with Crippen molar-refractivity contribution < 1.29 is 9.72 Å². The Labute approximate surface area is 139 Å². The molecule has 11 heteroatoms. The molecule has 0 radical (unpaired) electrons. The van der Waals surface area contributed by atoms with Gasteiger partial charge >= 0.3 is 5.95 Å². The molecule has 116 valence electrons. The van der Waals surface area contributed by atoms with Crippen LogP contribution in [-0.2, 0) is 11.3 Å². The van der Waals surface area contributed by atoms with Crippen LogP contribution in [0.25, 0.3) is 0 Å². The molecule has 2 rings (SSSR count). The summed E-state index contributed by atoms with van der Waals surface area (Å²) in [7, 11) is 0. The third-order valence-corrected chi connectivity index (χ3v) is 3.39. The van der Waals surface area contributed by atoms with Gasteiger partial charge in [0.05, 0.1) is 15.7 Å². The van der Waals surface area contributed by atoms with E-state index in [4.69, 9.17) is 34.8 Å². The number of aromatic nitrogens is 3. The number of nitrogens with one attached hydrogen (secondary N) is 1. The molecule has 1 N–H and O–H groups in total. The van der Waals surface area contributed by atoms with Crippen molar-refractivity contribution in [2.75, 3.05) is 5.32 Å². The molecule has 0 unspecified atom stereocenters. The molecule has 1 amide bonds. The SMILES string of the molecule is Cc1nc([N+](=O)[O-])nn1CC(=O)Nc1c(Cl)cc(Cl)cc1Cl.